The minimum Gasteiger partial charge on any atom is -0.469 e. The number of carbonyl (C=O) groups excluding carboxylic acids is 1. The quantitative estimate of drug-likeness (QED) is 0.865. The maximum atomic E-state index is 12.0. The molecule has 2 aliphatic rings. The van der Waals surface area contributed by atoms with E-state index in [0.717, 1.165) is 19.4 Å². The molecule has 2 unspecified atom stereocenters. The predicted molar refractivity (Wildman–Crippen MR) is 83.1 cm³/mol. The SMILES string of the molecule is CCNC1(CC(=O)OC)C2CCC1Cc1ccccc1C2. The highest BCUT2D eigenvalue weighted by Crippen LogP contribution is 2.49. The highest BCUT2D eigenvalue weighted by Gasteiger charge is 2.52. The van der Waals surface area contributed by atoms with Crippen LogP contribution in [-0.4, -0.2) is 25.2 Å². The highest BCUT2D eigenvalue weighted by molar-refractivity contribution is 5.71. The van der Waals surface area contributed by atoms with Crippen LogP contribution in [0.4, 0.5) is 0 Å². The van der Waals surface area contributed by atoms with Gasteiger partial charge in [-0.25, -0.2) is 0 Å². The Bertz CT molecular complexity index is 493. The summed E-state index contributed by atoms with van der Waals surface area (Å²) in [6.45, 7) is 3.04. The molecule has 0 aliphatic heterocycles. The van der Waals surface area contributed by atoms with Crippen LogP contribution in [0.1, 0.15) is 37.3 Å². The minimum absolute atomic E-state index is 0.0825. The Kier molecular flexibility index (Phi) is 4.03. The number of esters is 1. The van der Waals surface area contributed by atoms with E-state index in [1.165, 1.54) is 31.1 Å². The van der Waals surface area contributed by atoms with Gasteiger partial charge in [-0.3, -0.25) is 4.79 Å². The molecule has 21 heavy (non-hydrogen) atoms. The summed E-state index contributed by atoms with van der Waals surface area (Å²) in [6.07, 6.45) is 5.08. The Morgan fingerprint density at radius 3 is 2.29 bits per heavy atom. The number of nitrogens with one attached hydrogen (secondary N) is 1. The first kappa shape index (κ1) is 14.6. The van der Waals surface area contributed by atoms with Crippen molar-refractivity contribution < 1.29 is 9.53 Å². The minimum atomic E-state index is -0.0844. The summed E-state index contributed by atoms with van der Waals surface area (Å²) in [5.41, 5.74) is 2.86. The molecule has 0 spiro atoms. The molecule has 0 radical (unpaired) electrons. The van der Waals surface area contributed by atoms with Crippen LogP contribution in [0.15, 0.2) is 24.3 Å². The maximum Gasteiger partial charge on any atom is 0.307 e. The first-order chi connectivity index (χ1) is 10.2. The van der Waals surface area contributed by atoms with Gasteiger partial charge >= 0.3 is 5.97 Å². The number of benzene rings is 1. The first-order valence-corrected chi connectivity index (χ1v) is 8.08. The lowest BCUT2D eigenvalue weighted by Crippen LogP contribution is -2.54. The van der Waals surface area contributed by atoms with Crippen LogP contribution in [0, 0.1) is 11.8 Å². The van der Waals surface area contributed by atoms with E-state index in [2.05, 4.69) is 36.5 Å². The third-order valence-electron chi connectivity index (χ3n) is 5.54. The largest absolute Gasteiger partial charge is 0.469 e. The van der Waals surface area contributed by atoms with Gasteiger partial charge in [0.15, 0.2) is 0 Å². The van der Waals surface area contributed by atoms with E-state index < -0.39 is 0 Å². The zero-order valence-electron chi connectivity index (χ0n) is 13.0. The molecule has 3 rings (SSSR count). The van der Waals surface area contributed by atoms with E-state index in [9.17, 15) is 4.79 Å². The number of rotatable bonds is 4. The van der Waals surface area contributed by atoms with Crippen molar-refractivity contribution in [2.24, 2.45) is 11.8 Å². The number of ether oxygens (including phenoxy) is 1. The molecule has 1 aromatic rings. The van der Waals surface area contributed by atoms with Crippen molar-refractivity contribution in [3.05, 3.63) is 35.4 Å². The summed E-state index contributed by atoms with van der Waals surface area (Å²) in [5.74, 6) is 0.981. The Balaban J connectivity index is 1.96. The van der Waals surface area contributed by atoms with E-state index in [4.69, 9.17) is 4.74 Å². The van der Waals surface area contributed by atoms with Gasteiger partial charge in [-0.15, -0.1) is 0 Å². The van der Waals surface area contributed by atoms with Gasteiger partial charge in [0.05, 0.1) is 13.5 Å². The highest BCUT2D eigenvalue weighted by atomic mass is 16.5. The average molecular weight is 287 g/mol. The van der Waals surface area contributed by atoms with Crippen molar-refractivity contribution in [2.75, 3.05) is 13.7 Å². The molecule has 2 bridgehead atoms. The van der Waals surface area contributed by atoms with Crippen LogP contribution >= 0.6 is 0 Å². The molecule has 114 valence electrons. The van der Waals surface area contributed by atoms with Crippen molar-refractivity contribution in [1.82, 2.24) is 5.32 Å². The van der Waals surface area contributed by atoms with Crippen molar-refractivity contribution in [3.63, 3.8) is 0 Å². The molecule has 1 fully saturated rings. The molecule has 0 aromatic heterocycles. The molecule has 0 heterocycles. The van der Waals surface area contributed by atoms with Gasteiger partial charge in [0, 0.05) is 5.54 Å². The molecule has 3 nitrogen and oxygen atoms in total. The molecule has 0 amide bonds. The molecule has 2 aliphatic carbocycles. The fourth-order valence-corrected chi connectivity index (χ4v) is 4.59. The van der Waals surface area contributed by atoms with Gasteiger partial charge < -0.3 is 10.1 Å². The third-order valence-corrected chi connectivity index (χ3v) is 5.54. The number of fused-ring (bicyclic) bond motifs is 3. The molecular formula is C18H25NO2. The standard InChI is InChI=1S/C18H25NO2/c1-3-19-18(12-17(20)21-2)15-8-9-16(18)11-14-7-5-4-6-13(14)10-15/h4-7,15-16,19H,3,8-12H2,1-2H3. The normalized spacial score (nSPS) is 30.6. The van der Waals surface area contributed by atoms with E-state index in [-0.39, 0.29) is 11.5 Å². The number of hydrogen-bond donors (Lipinski definition) is 1. The number of hydrogen-bond acceptors (Lipinski definition) is 3. The molecule has 1 N–H and O–H groups in total. The summed E-state index contributed by atoms with van der Waals surface area (Å²) >= 11 is 0. The summed E-state index contributed by atoms with van der Waals surface area (Å²) < 4.78 is 4.99. The third kappa shape index (κ3) is 2.48. The Morgan fingerprint density at radius 1 is 1.24 bits per heavy atom. The van der Waals surface area contributed by atoms with Crippen LogP contribution in [-0.2, 0) is 22.4 Å². The topological polar surface area (TPSA) is 38.3 Å². The molecule has 2 atom stereocenters. The van der Waals surface area contributed by atoms with Gasteiger partial charge in [0.1, 0.15) is 0 Å². The Morgan fingerprint density at radius 2 is 1.81 bits per heavy atom. The summed E-state index contributed by atoms with van der Waals surface area (Å²) in [7, 11) is 1.50. The Labute approximate surface area is 127 Å². The van der Waals surface area contributed by atoms with Crippen LogP contribution in [0.3, 0.4) is 0 Å². The number of carbonyl (C=O) groups is 1. The van der Waals surface area contributed by atoms with E-state index in [0.29, 0.717) is 18.3 Å². The number of methoxy groups -OCH3 is 1. The van der Waals surface area contributed by atoms with Gasteiger partial charge in [-0.1, -0.05) is 31.2 Å². The molecule has 1 aromatic carbocycles. The van der Waals surface area contributed by atoms with Gasteiger partial charge in [0.2, 0.25) is 0 Å². The van der Waals surface area contributed by atoms with Crippen LogP contribution in [0.5, 0.6) is 0 Å². The molecule has 3 heteroatoms. The van der Waals surface area contributed by atoms with Crippen molar-refractivity contribution in [3.8, 4) is 0 Å². The summed E-state index contributed by atoms with van der Waals surface area (Å²) in [5, 5.41) is 3.70. The molecule has 1 saturated carbocycles. The second-order valence-electron chi connectivity index (χ2n) is 6.47. The smallest absolute Gasteiger partial charge is 0.307 e. The van der Waals surface area contributed by atoms with Crippen molar-refractivity contribution >= 4 is 5.97 Å². The summed E-state index contributed by atoms with van der Waals surface area (Å²) in [4.78, 5) is 12.0. The lowest BCUT2D eigenvalue weighted by atomic mass is 9.76. The zero-order valence-corrected chi connectivity index (χ0v) is 13.0. The first-order valence-electron chi connectivity index (χ1n) is 8.08. The van der Waals surface area contributed by atoms with Crippen molar-refractivity contribution in [2.45, 2.75) is 44.6 Å². The predicted octanol–water partition coefficient (Wildman–Crippen LogP) is 2.72. The van der Waals surface area contributed by atoms with Gasteiger partial charge in [0.25, 0.3) is 0 Å². The van der Waals surface area contributed by atoms with Crippen LogP contribution < -0.4 is 5.32 Å². The fourth-order valence-electron chi connectivity index (χ4n) is 4.59. The van der Waals surface area contributed by atoms with E-state index in [1.807, 2.05) is 0 Å². The lowest BCUT2D eigenvalue weighted by molar-refractivity contribution is -0.143. The van der Waals surface area contributed by atoms with Gasteiger partial charge in [-0.05, 0) is 55.2 Å². The average Bonchev–Trinajstić information content (AvgIpc) is 2.71. The summed E-state index contributed by atoms with van der Waals surface area (Å²) in [6, 6.07) is 8.77. The Hall–Kier alpha value is -1.35. The van der Waals surface area contributed by atoms with Crippen LogP contribution in [0.25, 0.3) is 0 Å². The van der Waals surface area contributed by atoms with Gasteiger partial charge in [-0.2, -0.15) is 0 Å². The second-order valence-corrected chi connectivity index (χ2v) is 6.47. The fraction of sp³-hybridized carbons (Fsp3) is 0.611. The van der Waals surface area contributed by atoms with E-state index >= 15 is 0 Å². The second kappa shape index (κ2) is 5.80. The zero-order chi connectivity index (χ0) is 14.9. The van der Waals surface area contributed by atoms with E-state index in [1.54, 1.807) is 0 Å². The lowest BCUT2D eigenvalue weighted by Gasteiger charge is -2.39. The molecular weight excluding hydrogens is 262 g/mol. The monoisotopic (exact) mass is 287 g/mol. The molecule has 0 saturated heterocycles. The van der Waals surface area contributed by atoms with Crippen molar-refractivity contribution in [1.29, 1.82) is 0 Å². The van der Waals surface area contributed by atoms with Crippen LogP contribution in [0.2, 0.25) is 0 Å². The maximum absolute atomic E-state index is 12.0.